The second-order valence-electron chi connectivity index (χ2n) is 7.17. The molecule has 0 amide bonds. The standard InChI is InChI=1S/C20H26N2O4S2/c1-15(2)20(5,22-28(25,26)19-12-8-17(4)9-13-19)14-21-27(23,24)18-10-6-16(3)7-11-18/h6-13,21-22H,1,14H2,2-5H3. The SMILES string of the molecule is C=C(C)C(C)(CNS(=O)(=O)c1ccc(C)cc1)NS(=O)(=O)c1ccc(C)cc1. The van der Waals surface area contributed by atoms with E-state index in [9.17, 15) is 16.8 Å². The first-order valence-electron chi connectivity index (χ1n) is 8.69. The van der Waals surface area contributed by atoms with Crippen molar-refractivity contribution in [1.29, 1.82) is 0 Å². The molecular weight excluding hydrogens is 396 g/mol. The lowest BCUT2D eigenvalue weighted by molar-refractivity contribution is 0.465. The van der Waals surface area contributed by atoms with Gasteiger partial charge in [0, 0.05) is 6.54 Å². The van der Waals surface area contributed by atoms with Crippen molar-refractivity contribution in [2.45, 2.75) is 43.0 Å². The summed E-state index contributed by atoms with van der Waals surface area (Å²) in [5.74, 6) is 0. The van der Waals surface area contributed by atoms with Crippen molar-refractivity contribution in [2.24, 2.45) is 0 Å². The lowest BCUT2D eigenvalue weighted by atomic mass is 9.96. The highest BCUT2D eigenvalue weighted by molar-refractivity contribution is 7.90. The summed E-state index contributed by atoms with van der Waals surface area (Å²) in [5, 5.41) is 0. The fourth-order valence-corrected chi connectivity index (χ4v) is 4.98. The molecule has 0 aliphatic rings. The van der Waals surface area contributed by atoms with E-state index in [1.165, 1.54) is 24.3 Å². The summed E-state index contributed by atoms with van der Waals surface area (Å²) in [7, 11) is -7.66. The molecule has 0 heterocycles. The molecule has 28 heavy (non-hydrogen) atoms. The molecule has 1 unspecified atom stereocenters. The number of hydrogen-bond acceptors (Lipinski definition) is 4. The molecule has 0 radical (unpaired) electrons. The van der Waals surface area contributed by atoms with E-state index in [1.54, 1.807) is 38.1 Å². The highest BCUT2D eigenvalue weighted by Gasteiger charge is 2.33. The summed E-state index contributed by atoms with van der Waals surface area (Å²) in [5.41, 5.74) is 1.15. The first kappa shape index (κ1) is 22.3. The summed E-state index contributed by atoms with van der Waals surface area (Å²) in [6.07, 6.45) is 0. The second kappa shape index (κ2) is 8.16. The van der Waals surface area contributed by atoms with Crippen molar-refractivity contribution in [2.75, 3.05) is 6.54 Å². The fraction of sp³-hybridized carbons (Fsp3) is 0.300. The van der Waals surface area contributed by atoms with Crippen molar-refractivity contribution in [3.63, 3.8) is 0 Å². The quantitative estimate of drug-likeness (QED) is 0.640. The Morgan fingerprint density at radius 1 is 0.857 bits per heavy atom. The van der Waals surface area contributed by atoms with E-state index >= 15 is 0 Å². The van der Waals surface area contributed by atoms with Gasteiger partial charge in [0.15, 0.2) is 0 Å². The van der Waals surface area contributed by atoms with Crippen molar-refractivity contribution in [3.8, 4) is 0 Å². The molecular formula is C20H26N2O4S2. The molecule has 2 aromatic carbocycles. The largest absolute Gasteiger partial charge is 0.241 e. The normalized spacial score (nSPS) is 14.4. The van der Waals surface area contributed by atoms with E-state index in [-0.39, 0.29) is 16.3 Å². The molecule has 0 saturated heterocycles. The van der Waals surface area contributed by atoms with Gasteiger partial charge in [-0.15, -0.1) is 0 Å². The zero-order valence-corrected chi connectivity index (χ0v) is 18.1. The number of hydrogen-bond donors (Lipinski definition) is 2. The van der Waals surface area contributed by atoms with Crippen LogP contribution in [0.5, 0.6) is 0 Å². The van der Waals surface area contributed by atoms with E-state index in [4.69, 9.17) is 0 Å². The second-order valence-corrected chi connectivity index (χ2v) is 10.6. The number of nitrogens with one attached hydrogen (secondary N) is 2. The van der Waals surface area contributed by atoms with E-state index in [1.807, 2.05) is 13.8 Å². The number of aryl methyl sites for hydroxylation is 2. The Bertz CT molecular complexity index is 1060. The van der Waals surface area contributed by atoms with Crippen LogP contribution in [0.25, 0.3) is 0 Å². The molecule has 0 saturated carbocycles. The Balaban J connectivity index is 2.24. The predicted molar refractivity (Wildman–Crippen MR) is 111 cm³/mol. The minimum Gasteiger partial charge on any atom is -0.209 e. The predicted octanol–water partition coefficient (Wildman–Crippen LogP) is 2.90. The lowest BCUT2D eigenvalue weighted by Gasteiger charge is -2.31. The van der Waals surface area contributed by atoms with Crippen molar-refractivity contribution < 1.29 is 16.8 Å². The molecule has 0 aromatic heterocycles. The topological polar surface area (TPSA) is 92.3 Å². The van der Waals surface area contributed by atoms with Gasteiger partial charge in [-0.3, -0.25) is 0 Å². The molecule has 1 atom stereocenters. The van der Waals surface area contributed by atoms with Gasteiger partial charge < -0.3 is 0 Å². The van der Waals surface area contributed by atoms with Crippen LogP contribution in [0.3, 0.4) is 0 Å². The van der Waals surface area contributed by atoms with E-state index in [0.29, 0.717) is 5.57 Å². The van der Waals surface area contributed by atoms with Crippen molar-refractivity contribution >= 4 is 20.0 Å². The van der Waals surface area contributed by atoms with Gasteiger partial charge in [-0.25, -0.2) is 21.6 Å². The van der Waals surface area contributed by atoms with Crippen LogP contribution in [0, 0.1) is 13.8 Å². The molecule has 8 heteroatoms. The van der Waals surface area contributed by atoms with Gasteiger partial charge in [0.2, 0.25) is 20.0 Å². The summed E-state index contributed by atoms with van der Waals surface area (Å²) < 4.78 is 55.7. The zero-order chi connectivity index (χ0) is 21.2. The van der Waals surface area contributed by atoms with Crippen LogP contribution in [-0.2, 0) is 20.0 Å². The third-order valence-corrected chi connectivity index (χ3v) is 7.61. The highest BCUT2D eigenvalue weighted by atomic mass is 32.2. The number of benzene rings is 2. The van der Waals surface area contributed by atoms with Crippen LogP contribution in [0.2, 0.25) is 0 Å². The van der Waals surface area contributed by atoms with Gasteiger partial charge >= 0.3 is 0 Å². The Morgan fingerprint density at radius 2 is 1.25 bits per heavy atom. The summed E-state index contributed by atoms with van der Waals surface area (Å²) in [4.78, 5) is 0.218. The smallest absolute Gasteiger partial charge is 0.209 e. The first-order valence-corrected chi connectivity index (χ1v) is 11.7. The Labute approximate surface area is 167 Å². The third kappa shape index (κ3) is 5.29. The number of rotatable bonds is 8. The van der Waals surface area contributed by atoms with E-state index in [0.717, 1.165) is 11.1 Å². The Kier molecular flexibility index (Phi) is 6.50. The average Bonchev–Trinajstić information content (AvgIpc) is 2.60. The maximum atomic E-state index is 12.8. The van der Waals surface area contributed by atoms with E-state index < -0.39 is 25.6 Å². The molecule has 0 spiro atoms. The molecule has 0 fully saturated rings. The van der Waals surface area contributed by atoms with Crippen molar-refractivity contribution in [1.82, 2.24) is 9.44 Å². The monoisotopic (exact) mass is 422 g/mol. The molecule has 0 aliphatic carbocycles. The van der Waals surface area contributed by atoms with Gasteiger partial charge in [-0.2, -0.15) is 4.72 Å². The summed E-state index contributed by atoms with van der Waals surface area (Å²) >= 11 is 0. The average molecular weight is 423 g/mol. The van der Waals surface area contributed by atoms with Gasteiger partial charge in [0.1, 0.15) is 0 Å². The van der Waals surface area contributed by atoms with Crippen LogP contribution in [0.4, 0.5) is 0 Å². The molecule has 2 rings (SSSR count). The number of sulfonamides is 2. The van der Waals surface area contributed by atoms with Gasteiger partial charge in [0.25, 0.3) is 0 Å². The van der Waals surface area contributed by atoms with Crippen molar-refractivity contribution in [3.05, 3.63) is 71.8 Å². The van der Waals surface area contributed by atoms with Crippen LogP contribution < -0.4 is 9.44 Å². The molecule has 6 nitrogen and oxygen atoms in total. The Morgan fingerprint density at radius 3 is 1.64 bits per heavy atom. The first-order chi connectivity index (χ1) is 12.9. The minimum absolute atomic E-state index is 0.104. The molecule has 2 aromatic rings. The lowest BCUT2D eigenvalue weighted by Crippen LogP contribution is -2.54. The highest BCUT2D eigenvalue weighted by Crippen LogP contribution is 2.20. The molecule has 2 N–H and O–H groups in total. The van der Waals surface area contributed by atoms with Gasteiger partial charge in [-0.1, -0.05) is 47.5 Å². The van der Waals surface area contributed by atoms with Crippen LogP contribution in [0.1, 0.15) is 25.0 Å². The van der Waals surface area contributed by atoms with E-state index in [2.05, 4.69) is 16.0 Å². The third-order valence-electron chi connectivity index (χ3n) is 4.58. The Hall–Kier alpha value is -2.00. The molecule has 0 aliphatic heterocycles. The maximum Gasteiger partial charge on any atom is 0.241 e. The maximum absolute atomic E-state index is 12.8. The minimum atomic E-state index is -3.86. The molecule has 0 bridgehead atoms. The summed E-state index contributed by atoms with van der Waals surface area (Å²) in [6, 6.07) is 12.8. The van der Waals surface area contributed by atoms with Gasteiger partial charge in [0.05, 0.1) is 15.3 Å². The van der Waals surface area contributed by atoms with Crippen LogP contribution >= 0.6 is 0 Å². The van der Waals surface area contributed by atoms with Gasteiger partial charge in [-0.05, 0) is 52.0 Å². The zero-order valence-electron chi connectivity index (χ0n) is 16.5. The fourth-order valence-electron chi connectivity index (χ4n) is 2.39. The van der Waals surface area contributed by atoms with Crippen LogP contribution in [-0.4, -0.2) is 28.9 Å². The molecule has 152 valence electrons. The van der Waals surface area contributed by atoms with Crippen LogP contribution in [0.15, 0.2) is 70.5 Å². The summed E-state index contributed by atoms with van der Waals surface area (Å²) in [6.45, 7) is 10.6.